The number of Topliss-reactive ketones (excluding diaryl/α,β-unsaturated/α-hetero) is 1. The molecule has 0 rings (SSSR count). The lowest BCUT2D eigenvalue weighted by Crippen LogP contribution is -2.14. The topological polar surface area (TPSA) is 71.4 Å². The molecule has 0 saturated heterocycles. The number of hydrogen-bond donors (Lipinski definition) is 1. The minimum Gasteiger partial charge on any atom is -0.481 e. The smallest absolute Gasteiger partial charge is 0.303 e. The van der Waals surface area contributed by atoms with Crippen molar-refractivity contribution in [3.8, 4) is 0 Å². The van der Waals surface area contributed by atoms with Crippen molar-refractivity contribution in [2.24, 2.45) is 5.92 Å². The first-order valence-electron chi connectivity index (χ1n) is 8.72. The molecular weight excluding hydrogens is 304 g/mol. The van der Waals surface area contributed by atoms with Crippen LogP contribution >= 0.6 is 0 Å². The number of rotatable bonds is 14. The van der Waals surface area contributed by atoms with Crippen molar-refractivity contribution < 1.29 is 19.5 Å². The first-order valence-corrected chi connectivity index (χ1v) is 8.72. The normalized spacial score (nSPS) is 13.5. The van der Waals surface area contributed by atoms with Gasteiger partial charge in [0.15, 0.2) is 0 Å². The lowest BCUT2D eigenvalue weighted by molar-refractivity contribution is -0.137. The highest BCUT2D eigenvalue weighted by atomic mass is 16.4. The van der Waals surface area contributed by atoms with E-state index in [2.05, 4.69) is 6.92 Å². The van der Waals surface area contributed by atoms with Gasteiger partial charge in [0.25, 0.3) is 0 Å². The molecule has 0 aromatic rings. The second kappa shape index (κ2) is 14.6. The zero-order chi connectivity index (χ0) is 18.2. The average molecular weight is 334 g/mol. The van der Waals surface area contributed by atoms with Gasteiger partial charge in [-0.2, -0.15) is 0 Å². The Hall–Kier alpha value is -1.97. The van der Waals surface area contributed by atoms with Crippen molar-refractivity contribution >= 4 is 18.0 Å². The Bertz CT molecular complexity index is 472. The van der Waals surface area contributed by atoms with Crippen molar-refractivity contribution in [3.63, 3.8) is 0 Å². The molecule has 0 unspecified atom stereocenters. The molecule has 0 fully saturated rings. The summed E-state index contributed by atoms with van der Waals surface area (Å²) in [5.41, 5.74) is 0.490. The first-order chi connectivity index (χ1) is 11.5. The van der Waals surface area contributed by atoms with E-state index in [1.807, 2.05) is 24.3 Å². The van der Waals surface area contributed by atoms with E-state index >= 15 is 0 Å². The van der Waals surface area contributed by atoms with Crippen molar-refractivity contribution in [3.05, 3.63) is 36.0 Å². The SMILES string of the molecule is CCCCC/C=C\C=C(\C=O)[C@@H](C/C=C/CCCC(=O)O)C(C)=O. The summed E-state index contributed by atoms with van der Waals surface area (Å²) in [5.74, 6) is -1.27. The zero-order valence-corrected chi connectivity index (χ0v) is 14.9. The zero-order valence-electron chi connectivity index (χ0n) is 14.9. The van der Waals surface area contributed by atoms with E-state index in [-0.39, 0.29) is 12.2 Å². The van der Waals surface area contributed by atoms with Crippen LogP contribution in [0.25, 0.3) is 0 Å². The van der Waals surface area contributed by atoms with Crippen LogP contribution in [-0.2, 0) is 14.4 Å². The molecule has 0 heterocycles. The van der Waals surface area contributed by atoms with Crippen LogP contribution in [0.4, 0.5) is 0 Å². The van der Waals surface area contributed by atoms with E-state index in [0.29, 0.717) is 24.8 Å². The van der Waals surface area contributed by atoms with Gasteiger partial charge in [0, 0.05) is 17.9 Å². The van der Waals surface area contributed by atoms with Crippen LogP contribution in [0.5, 0.6) is 0 Å². The second-order valence-electron chi connectivity index (χ2n) is 5.86. The van der Waals surface area contributed by atoms with Crippen LogP contribution in [0.2, 0.25) is 0 Å². The van der Waals surface area contributed by atoms with Crippen LogP contribution in [0.3, 0.4) is 0 Å². The Morgan fingerprint density at radius 3 is 2.33 bits per heavy atom. The molecule has 0 spiro atoms. The van der Waals surface area contributed by atoms with Gasteiger partial charge in [-0.05, 0) is 39.0 Å². The standard InChI is InChI=1S/C20H30O4/c1-3-4-5-6-7-10-13-18(16-21)19(17(2)22)14-11-8-9-12-15-20(23)24/h7-8,10-11,13,16,19H,3-6,9,12,14-15H2,1-2H3,(H,23,24)/b10-7-,11-8+,18-13-/t19-/m0/s1. The van der Waals surface area contributed by atoms with Gasteiger partial charge in [-0.1, -0.05) is 50.1 Å². The van der Waals surface area contributed by atoms with E-state index in [9.17, 15) is 14.4 Å². The Morgan fingerprint density at radius 2 is 1.75 bits per heavy atom. The highest BCUT2D eigenvalue weighted by Gasteiger charge is 2.16. The average Bonchev–Trinajstić information content (AvgIpc) is 2.54. The maximum atomic E-state index is 11.8. The Kier molecular flexibility index (Phi) is 13.4. The molecule has 24 heavy (non-hydrogen) atoms. The lowest BCUT2D eigenvalue weighted by atomic mass is 9.92. The third kappa shape index (κ3) is 11.6. The van der Waals surface area contributed by atoms with Crippen molar-refractivity contribution in [1.29, 1.82) is 0 Å². The first kappa shape index (κ1) is 22.0. The molecule has 0 aliphatic carbocycles. The number of aliphatic carboxylic acids is 1. The summed E-state index contributed by atoms with van der Waals surface area (Å²) in [4.78, 5) is 33.5. The minimum absolute atomic E-state index is 0.0390. The molecule has 134 valence electrons. The summed E-state index contributed by atoms with van der Waals surface area (Å²) in [6, 6.07) is 0. The summed E-state index contributed by atoms with van der Waals surface area (Å²) in [6.45, 7) is 3.64. The van der Waals surface area contributed by atoms with E-state index in [1.165, 1.54) is 19.8 Å². The fourth-order valence-electron chi connectivity index (χ4n) is 2.28. The van der Waals surface area contributed by atoms with Crippen LogP contribution in [0, 0.1) is 5.92 Å². The number of allylic oxidation sites excluding steroid dienone is 6. The quantitative estimate of drug-likeness (QED) is 0.165. The number of carbonyl (C=O) groups excluding carboxylic acids is 2. The van der Waals surface area contributed by atoms with E-state index in [4.69, 9.17) is 5.11 Å². The van der Waals surface area contributed by atoms with Crippen LogP contribution in [0.15, 0.2) is 36.0 Å². The fourth-order valence-corrected chi connectivity index (χ4v) is 2.28. The number of hydrogen-bond acceptors (Lipinski definition) is 3. The maximum Gasteiger partial charge on any atom is 0.303 e. The molecule has 1 atom stereocenters. The van der Waals surface area contributed by atoms with E-state index < -0.39 is 11.9 Å². The second-order valence-corrected chi connectivity index (χ2v) is 5.86. The van der Waals surface area contributed by atoms with Gasteiger partial charge in [-0.15, -0.1) is 0 Å². The minimum atomic E-state index is -0.804. The maximum absolute atomic E-state index is 11.8. The molecule has 0 aliphatic rings. The Labute approximate surface area is 145 Å². The molecule has 4 heteroatoms. The van der Waals surface area contributed by atoms with Crippen molar-refractivity contribution in [2.45, 2.75) is 65.2 Å². The number of carbonyl (C=O) groups is 3. The van der Waals surface area contributed by atoms with Gasteiger partial charge in [0.05, 0.1) is 0 Å². The fraction of sp³-hybridized carbons (Fsp3) is 0.550. The molecular formula is C20H30O4. The van der Waals surface area contributed by atoms with Crippen molar-refractivity contribution in [2.75, 3.05) is 0 Å². The molecule has 0 aromatic heterocycles. The Balaban J connectivity index is 4.52. The predicted octanol–water partition coefficient (Wildman–Crippen LogP) is 4.65. The highest BCUT2D eigenvalue weighted by molar-refractivity contribution is 5.90. The number of ketones is 1. The number of carboxylic acids is 1. The summed E-state index contributed by atoms with van der Waals surface area (Å²) >= 11 is 0. The third-order valence-corrected chi connectivity index (χ3v) is 3.73. The number of aldehydes is 1. The van der Waals surface area contributed by atoms with Gasteiger partial charge in [0.1, 0.15) is 12.1 Å². The highest BCUT2D eigenvalue weighted by Crippen LogP contribution is 2.16. The van der Waals surface area contributed by atoms with Crippen LogP contribution < -0.4 is 0 Å². The van der Waals surface area contributed by atoms with Gasteiger partial charge in [0.2, 0.25) is 0 Å². The lowest BCUT2D eigenvalue weighted by Gasteiger charge is -2.10. The van der Waals surface area contributed by atoms with Gasteiger partial charge >= 0.3 is 5.97 Å². The molecule has 0 aliphatic heterocycles. The number of carboxylic acid groups (broad SMARTS) is 1. The Morgan fingerprint density at radius 1 is 1.04 bits per heavy atom. The molecule has 1 N–H and O–H groups in total. The largest absolute Gasteiger partial charge is 0.481 e. The molecule has 0 radical (unpaired) electrons. The van der Waals surface area contributed by atoms with Gasteiger partial charge < -0.3 is 5.11 Å². The molecule has 0 bridgehead atoms. The predicted molar refractivity (Wildman–Crippen MR) is 96.8 cm³/mol. The van der Waals surface area contributed by atoms with E-state index in [1.54, 1.807) is 6.08 Å². The van der Waals surface area contributed by atoms with Crippen LogP contribution in [0.1, 0.15) is 65.2 Å². The summed E-state index contributed by atoms with van der Waals surface area (Å²) < 4.78 is 0. The molecule has 4 nitrogen and oxygen atoms in total. The third-order valence-electron chi connectivity index (χ3n) is 3.73. The molecule has 0 saturated carbocycles. The van der Waals surface area contributed by atoms with Crippen LogP contribution in [-0.4, -0.2) is 23.1 Å². The van der Waals surface area contributed by atoms with Crippen molar-refractivity contribution in [1.82, 2.24) is 0 Å². The van der Waals surface area contributed by atoms with Gasteiger partial charge in [-0.25, -0.2) is 0 Å². The van der Waals surface area contributed by atoms with Gasteiger partial charge in [-0.3, -0.25) is 14.4 Å². The molecule has 0 aromatic carbocycles. The summed E-state index contributed by atoms with van der Waals surface area (Å²) in [7, 11) is 0. The monoisotopic (exact) mass is 334 g/mol. The number of unbranched alkanes of at least 4 members (excludes halogenated alkanes) is 4. The molecule has 0 amide bonds. The summed E-state index contributed by atoms with van der Waals surface area (Å²) in [6.07, 6.45) is 16.4. The summed E-state index contributed by atoms with van der Waals surface area (Å²) in [5, 5.41) is 8.56. The van der Waals surface area contributed by atoms with E-state index in [0.717, 1.165) is 19.1 Å².